The van der Waals surface area contributed by atoms with Crippen molar-refractivity contribution in [3.05, 3.63) is 277 Å². The number of aromatic nitrogens is 3. The molecule has 5 nitrogen and oxygen atoms in total. The van der Waals surface area contributed by atoms with Gasteiger partial charge in [0.15, 0.2) is 0 Å². The van der Waals surface area contributed by atoms with Crippen LogP contribution in [-0.2, 0) is 5.41 Å². The van der Waals surface area contributed by atoms with E-state index in [0.717, 1.165) is 94.8 Å². The van der Waals surface area contributed by atoms with Gasteiger partial charge in [0.1, 0.15) is 11.2 Å². The van der Waals surface area contributed by atoms with Crippen LogP contribution in [0.1, 0.15) is 22.3 Å². The maximum Gasteiger partial charge on any atom is 0.220 e. The lowest BCUT2D eigenvalue weighted by Crippen LogP contribution is -2.26. The monoisotopic (exact) mass is 930 g/mol. The van der Waals surface area contributed by atoms with Gasteiger partial charge in [0, 0.05) is 39.1 Å². The van der Waals surface area contributed by atoms with Crippen LogP contribution < -0.4 is 4.90 Å². The van der Waals surface area contributed by atoms with Gasteiger partial charge in [-0.15, -0.1) is 0 Å². The van der Waals surface area contributed by atoms with Crippen molar-refractivity contribution in [1.29, 1.82) is 0 Å². The Kier molecular flexibility index (Phi) is 8.31. The van der Waals surface area contributed by atoms with Gasteiger partial charge < -0.3 is 9.32 Å². The molecule has 1 spiro atoms. The summed E-state index contributed by atoms with van der Waals surface area (Å²) in [6.45, 7) is 0. The number of rotatable bonds is 6. The van der Waals surface area contributed by atoms with Crippen molar-refractivity contribution in [1.82, 2.24) is 14.0 Å². The summed E-state index contributed by atoms with van der Waals surface area (Å²) in [5.41, 5.74) is 24.9. The lowest BCUT2D eigenvalue weighted by Gasteiger charge is -2.32. The molecule has 0 aliphatic heterocycles. The predicted octanol–water partition coefficient (Wildman–Crippen LogP) is 17.5. The molecular weight excluding hydrogens is 889 g/mol. The number of furan rings is 1. The number of para-hydroxylation sites is 6. The van der Waals surface area contributed by atoms with E-state index in [2.05, 4.69) is 257 Å². The highest BCUT2D eigenvalue weighted by Crippen LogP contribution is 2.63. The molecule has 340 valence electrons. The SMILES string of the molecule is c1ccc2c(c1)-c1ccccc1C21c2ccccc2-c2ccc(N(c3ccc(-c4ccc(-n5c6ccccc6n6c7ccccc7nc56)cc4)cc3)c3ccc(-c4cccc5c4oc4ccccc45)cc3)cc21. The number of benzene rings is 11. The fraction of sp³-hybridized carbons (Fsp3) is 0.0147. The fourth-order valence-corrected chi connectivity index (χ4v) is 12.6. The van der Waals surface area contributed by atoms with Gasteiger partial charge in [-0.05, 0) is 140 Å². The van der Waals surface area contributed by atoms with E-state index >= 15 is 0 Å². The Bertz CT molecular complexity index is 4490. The Morgan fingerprint density at radius 1 is 0.370 bits per heavy atom. The van der Waals surface area contributed by atoms with Gasteiger partial charge in [-0.25, -0.2) is 4.98 Å². The van der Waals surface area contributed by atoms with Gasteiger partial charge in [0.25, 0.3) is 0 Å². The van der Waals surface area contributed by atoms with E-state index in [-0.39, 0.29) is 0 Å². The fourth-order valence-electron chi connectivity index (χ4n) is 12.6. The normalized spacial score (nSPS) is 13.0. The molecular formula is C68H42N4O. The van der Waals surface area contributed by atoms with E-state index < -0.39 is 5.41 Å². The van der Waals surface area contributed by atoms with E-state index in [0.29, 0.717) is 0 Å². The van der Waals surface area contributed by atoms with E-state index in [1.165, 1.54) is 44.5 Å². The van der Waals surface area contributed by atoms with Crippen molar-refractivity contribution < 1.29 is 4.42 Å². The second kappa shape index (κ2) is 15.1. The largest absolute Gasteiger partial charge is 0.455 e. The molecule has 14 aromatic rings. The minimum Gasteiger partial charge on any atom is -0.455 e. The maximum atomic E-state index is 6.52. The molecule has 16 rings (SSSR count). The number of hydrogen-bond donors (Lipinski definition) is 0. The molecule has 73 heavy (non-hydrogen) atoms. The molecule has 0 atom stereocenters. The highest BCUT2D eigenvalue weighted by atomic mass is 16.3. The Morgan fingerprint density at radius 3 is 1.56 bits per heavy atom. The summed E-state index contributed by atoms with van der Waals surface area (Å²) in [6, 6.07) is 92.8. The quantitative estimate of drug-likeness (QED) is 0.167. The molecule has 0 radical (unpaired) electrons. The lowest BCUT2D eigenvalue weighted by atomic mass is 9.70. The lowest BCUT2D eigenvalue weighted by molar-refractivity contribution is 0.670. The molecule has 0 saturated heterocycles. The summed E-state index contributed by atoms with van der Waals surface area (Å²) < 4.78 is 11.1. The summed E-state index contributed by atoms with van der Waals surface area (Å²) in [6.07, 6.45) is 0. The smallest absolute Gasteiger partial charge is 0.220 e. The molecule has 0 unspecified atom stereocenters. The molecule has 0 N–H and O–H groups in total. The number of hydrogen-bond acceptors (Lipinski definition) is 3. The first-order valence-corrected chi connectivity index (χ1v) is 25.0. The van der Waals surface area contributed by atoms with E-state index in [9.17, 15) is 0 Å². The molecule has 0 bridgehead atoms. The first kappa shape index (κ1) is 40.1. The van der Waals surface area contributed by atoms with Crippen LogP contribution in [0.5, 0.6) is 0 Å². The zero-order valence-electron chi connectivity index (χ0n) is 39.4. The minimum absolute atomic E-state index is 0.463. The van der Waals surface area contributed by atoms with Crippen molar-refractivity contribution in [3.63, 3.8) is 0 Å². The van der Waals surface area contributed by atoms with Crippen LogP contribution in [0.2, 0.25) is 0 Å². The molecule has 2 aliphatic rings. The van der Waals surface area contributed by atoms with Crippen molar-refractivity contribution in [3.8, 4) is 50.2 Å². The third-order valence-corrected chi connectivity index (χ3v) is 15.8. The molecule has 3 aromatic heterocycles. The van der Waals surface area contributed by atoms with Gasteiger partial charge in [0.05, 0.1) is 27.5 Å². The summed E-state index contributed by atoms with van der Waals surface area (Å²) in [5, 5.41) is 2.25. The van der Waals surface area contributed by atoms with Crippen molar-refractivity contribution in [2.24, 2.45) is 0 Å². The van der Waals surface area contributed by atoms with Gasteiger partial charge in [-0.1, -0.05) is 176 Å². The standard InChI is InChI=1S/C68H42N4O/c1-5-20-57-51(14-1)52-15-2-6-21-58(52)68(57)59-22-7-3-16-53(59)54-41-40-49(42-60(54)68)70(47-38-32-45(33-39-47)50-18-13-19-56-55-17-4-12-27-65(55)73-66(50)56)46-34-28-43(29-35-46)44-30-36-48(37-31-44)71-63-25-10-11-26-64(63)72-62-24-9-8-23-61(62)69-67(71)72/h1-42H. The Labute approximate surface area is 420 Å². The molecule has 2 aliphatic carbocycles. The van der Waals surface area contributed by atoms with Crippen LogP contribution >= 0.6 is 0 Å². The number of imidazole rings is 2. The van der Waals surface area contributed by atoms with Gasteiger partial charge in [-0.3, -0.25) is 8.97 Å². The topological polar surface area (TPSA) is 38.6 Å². The summed E-state index contributed by atoms with van der Waals surface area (Å²) in [7, 11) is 0. The maximum absolute atomic E-state index is 6.52. The third kappa shape index (κ3) is 5.59. The van der Waals surface area contributed by atoms with Gasteiger partial charge >= 0.3 is 0 Å². The van der Waals surface area contributed by atoms with Crippen molar-refractivity contribution in [2.45, 2.75) is 5.41 Å². The number of anilines is 3. The van der Waals surface area contributed by atoms with Crippen molar-refractivity contribution in [2.75, 3.05) is 4.90 Å². The molecule has 3 heterocycles. The average Bonchev–Trinajstić information content (AvgIpc) is 4.25. The molecule has 5 heteroatoms. The summed E-state index contributed by atoms with van der Waals surface area (Å²) in [5.74, 6) is 0.905. The Hall–Kier alpha value is -9.71. The Morgan fingerprint density at radius 2 is 0.877 bits per heavy atom. The predicted molar refractivity (Wildman–Crippen MR) is 299 cm³/mol. The van der Waals surface area contributed by atoms with E-state index in [4.69, 9.17) is 9.40 Å². The zero-order valence-corrected chi connectivity index (χ0v) is 39.4. The zero-order chi connectivity index (χ0) is 47.8. The highest BCUT2D eigenvalue weighted by Gasteiger charge is 2.51. The average molecular weight is 931 g/mol. The van der Waals surface area contributed by atoms with Crippen LogP contribution in [0.3, 0.4) is 0 Å². The van der Waals surface area contributed by atoms with E-state index in [1.807, 2.05) is 12.1 Å². The molecule has 0 amide bonds. The molecule has 0 fully saturated rings. The van der Waals surface area contributed by atoms with Crippen LogP contribution in [0.15, 0.2) is 259 Å². The molecule has 0 saturated carbocycles. The number of nitrogens with zero attached hydrogens (tertiary/aromatic N) is 4. The van der Waals surface area contributed by atoms with Crippen LogP contribution in [0.25, 0.3) is 100.0 Å². The first-order valence-electron chi connectivity index (χ1n) is 25.0. The van der Waals surface area contributed by atoms with Crippen molar-refractivity contribution >= 4 is 66.8 Å². The summed E-state index contributed by atoms with van der Waals surface area (Å²) in [4.78, 5) is 7.53. The van der Waals surface area contributed by atoms with Crippen LogP contribution in [-0.4, -0.2) is 14.0 Å². The van der Waals surface area contributed by atoms with Crippen LogP contribution in [0, 0.1) is 0 Å². The van der Waals surface area contributed by atoms with E-state index in [1.54, 1.807) is 0 Å². The first-order chi connectivity index (χ1) is 36.2. The second-order valence-electron chi connectivity index (χ2n) is 19.4. The minimum atomic E-state index is -0.463. The number of fused-ring (bicyclic) bond motifs is 18. The van der Waals surface area contributed by atoms with Gasteiger partial charge in [0.2, 0.25) is 5.78 Å². The Balaban J connectivity index is 0.830. The van der Waals surface area contributed by atoms with Gasteiger partial charge in [-0.2, -0.15) is 0 Å². The summed E-state index contributed by atoms with van der Waals surface area (Å²) >= 11 is 0. The van der Waals surface area contributed by atoms with Crippen LogP contribution in [0.4, 0.5) is 17.1 Å². The third-order valence-electron chi connectivity index (χ3n) is 15.8. The molecule has 11 aromatic carbocycles. The second-order valence-corrected chi connectivity index (χ2v) is 19.4. The highest BCUT2D eigenvalue weighted by molar-refractivity contribution is 6.09.